The molecule has 8 heteroatoms. The maximum Gasteiger partial charge on any atom is 0.240 e. The molecule has 1 heterocycles. The minimum atomic E-state index is -3.40. The first kappa shape index (κ1) is 23.2. The smallest absolute Gasteiger partial charge is 0.240 e. The van der Waals surface area contributed by atoms with E-state index >= 15 is 0 Å². The van der Waals surface area contributed by atoms with Gasteiger partial charge in [-0.1, -0.05) is 26.0 Å². The molecular formula is C18H31IN4O2S. The molecule has 0 saturated carbocycles. The molecule has 6 nitrogen and oxygen atoms in total. The highest BCUT2D eigenvalue weighted by molar-refractivity contribution is 14.0. The van der Waals surface area contributed by atoms with E-state index in [0.717, 1.165) is 24.6 Å². The molecule has 1 saturated heterocycles. The normalized spacial score (nSPS) is 18.7. The van der Waals surface area contributed by atoms with Crippen LogP contribution in [-0.2, 0) is 16.6 Å². The summed E-state index contributed by atoms with van der Waals surface area (Å²) in [5, 5.41) is 3.36. The van der Waals surface area contributed by atoms with Crippen LogP contribution >= 0.6 is 24.0 Å². The Kier molecular flexibility index (Phi) is 7.51. The van der Waals surface area contributed by atoms with Gasteiger partial charge in [0.2, 0.25) is 10.0 Å². The summed E-state index contributed by atoms with van der Waals surface area (Å²) < 4.78 is 25.9. The zero-order chi connectivity index (χ0) is 18.9. The molecule has 1 fully saturated rings. The largest absolute Gasteiger partial charge is 0.356 e. The molecule has 1 aromatic carbocycles. The Morgan fingerprint density at radius 2 is 1.77 bits per heavy atom. The molecule has 0 atom stereocenters. The van der Waals surface area contributed by atoms with Gasteiger partial charge in [-0.25, -0.2) is 18.1 Å². The lowest BCUT2D eigenvalue weighted by Crippen LogP contribution is -2.72. The van der Waals surface area contributed by atoms with E-state index in [9.17, 15) is 8.42 Å². The Labute approximate surface area is 174 Å². The van der Waals surface area contributed by atoms with Crippen molar-refractivity contribution in [3.63, 3.8) is 0 Å². The van der Waals surface area contributed by atoms with Crippen LogP contribution in [0.5, 0.6) is 0 Å². The summed E-state index contributed by atoms with van der Waals surface area (Å²) in [5.41, 5.74) is 1.26. The molecule has 0 aromatic heterocycles. The van der Waals surface area contributed by atoms with Crippen LogP contribution in [0.4, 0.5) is 0 Å². The van der Waals surface area contributed by atoms with Crippen molar-refractivity contribution in [1.29, 1.82) is 0 Å². The lowest BCUT2D eigenvalue weighted by Gasteiger charge is -2.62. The van der Waals surface area contributed by atoms with Gasteiger partial charge >= 0.3 is 0 Å². The minimum absolute atomic E-state index is 0. The van der Waals surface area contributed by atoms with E-state index in [1.165, 1.54) is 7.05 Å². The van der Waals surface area contributed by atoms with Gasteiger partial charge in [-0.3, -0.25) is 0 Å². The molecule has 1 aromatic rings. The molecule has 148 valence electrons. The number of guanidine groups is 1. The first-order valence-corrected chi connectivity index (χ1v) is 10.1. The van der Waals surface area contributed by atoms with Gasteiger partial charge in [-0.15, -0.1) is 24.0 Å². The minimum Gasteiger partial charge on any atom is -0.356 e. The lowest BCUT2D eigenvalue weighted by atomic mass is 9.65. The Hall–Kier alpha value is -0.870. The third-order valence-electron chi connectivity index (χ3n) is 5.39. The summed E-state index contributed by atoms with van der Waals surface area (Å²) in [6.45, 7) is 13.4. The van der Waals surface area contributed by atoms with Crippen LogP contribution in [0.3, 0.4) is 0 Å². The Balaban J connectivity index is 0.00000338. The molecule has 0 aliphatic carbocycles. The number of halogens is 1. The molecule has 1 aliphatic rings. The van der Waals surface area contributed by atoms with E-state index in [1.54, 1.807) is 12.1 Å². The van der Waals surface area contributed by atoms with Gasteiger partial charge in [0.25, 0.3) is 0 Å². The first-order valence-electron chi connectivity index (χ1n) is 8.63. The standard InChI is InChI=1S/C18H30N4O2S.HI/c1-7-20-16(22-13-17(2,3)18(22,4)5)21-12-14-8-10-15(11-9-14)25(23,24)19-6;/h8-11,19H,7,12-13H2,1-6H3,(H,20,21);1H. The lowest BCUT2D eigenvalue weighted by molar-refractivity contribution is -0.0667. The number of likely N-dealkylation sites (tertiary alicyclic amines) is 1. The van der Waals surface area contributed by atoms with E-state index in [1.807, 2.05) is 12.1 Å². The second-order valence-electron chi connectivity index (χ2n) is 7.55. The van der Waals surface area contributed by atoms with Gasteiger partial charge in [0.05, 0.1) is 11.4 Å². The van der Waals surface area contributed by atoms with Gasteiger partial charge in [0.1, 0.15) is 0 Å². The fourth-order valence-corrected chi connectivity index (χ4v) is 3.58. The number of sulfonamides is 1. The van der Waals surface area contributed by atoms with Gasteiger partial charge in [0.15, 0.2) is 5.96 Å². The zero-order valence-electron chi connectivity index (χ0n) is 16.5. The SMILES string of the molecule is CCNC(=NCc1ccc(S(=O)(=O)NC)cc1)N1CC(C)(C)C1(C)C.I. The maximum absolute atomic E-state index is 11.8. The topological polar surface area (TPSA) is 73.8 Å². The molecule has 2 rings (SSSR count). The van der Waals surface area contributed by atoms with Crippen LogP contribution in [0.25, 0.3) is 0 Å². The van der Waals surface area contributed by atoms with Crippen LogP contribution in [0, 0.1) is 5.41 Å². The average Bonchev–Trinajstić information content (AvgIpc) is 2.57. The van der Waals surface area contributed by atoms with Crippen LogP contribution < -0.4 is 10.0 Å². The van der Waals surface area contributed by atoms with Crippen molar-refractivity contribution < 1.29 is 8.42 Å². The highest BCUT2D eigenvalue weighted by Crippen LogP contribution is 2.46. The van der Waals surface area contributed by atoms with E-state index in [2.05, 4.69) is 49.6 Å². The molecule has 0 amide bonds. The van der Waals surface area contributed by atoms with E-state index in [-0.39, 0.29) is 39.8 Å². The van der Waals surface area contributed by atoms with Crippen LogP contribution in [0.15, 0.2) is 34.2 Å². The summed E-state index contributed by atoms with van der Waals surface area (Å²) in [6.07, 6.45) is 0. The Morgan fingerprint density at radius 3 is 2.19 bits per heavy atom. The molecular weight excluding hydrogens is 463 g/mol. The molecule has 0 radical (unpaired) electrons. The van der Waals surface area contributed by atoms with Crippen molar-refractivity contribution in [1.82, 2.24) is 14.9 Å². The summed E-state index contributed by atoms with van der Waals surface area (Å²) in [5.74, 6) is 0.902. The molecule has 26 heavy (non-hydrogen) atoms. The highest BCUT2D eigenvalue weighted by atomic mass is 127. The van der Waals surface area contributed by atoms with Gasteiger partial charge < -0.3 is 10.2 Å². The highest BCUT2D eigenvalue weighted by Gasteiger charge is 2.53. The molecule has 0 unspecified atom stereocenters. The van der Waals surface area contributed by atoms with Crippen molar-refractivity contribution in [2.75, 3.05) is 20.1 Å². The predicted octanol–water partition coefficient (Wildman–Crippen LogP) is 2.80. The number of hydrogen-bond acceptors (Lipinski definition) is 3. The van der Waals surface area contributed by atoms with Crippen LogP contribution in [0.1, 0.15) is 40.2 Å². The number of hydrogen-bond donors (Lipinski definition) is 2. The number of aliphatic imine (C=N–C) groups is 1. The van der Waals surface area contributed by atoms with Gasteiger partial charge in [-0.05, 0) is 45.5 Å². The molecule has 2 N–H and O–H groups in total. The van der Waals surface area contributed by atoms with Crippen molar-refractivity contribution in [2.45, 2.75) is 51.6 Å². The third kappa shape index (κ3) is 4.51. The first-order chi connectivity index (χ1) is 11.5. The maximum atomic E-state index is 11.8. The Morgan fingerprint density at radius 1 is 1.19 bits per heavy atom. The number of rotatable bonds is 5. The second-order valence-corrected chi connectivity index (χ2v) is 9.44. The summed E-state index contributed by atoms with van der Waals surface area (Å²) in [7, 11) is -1.99. The van der Waals surface area contributed by atoms with Crippen LogP contribution in [0.2, 0.25) is 0 Å². The predicted molar refractivity (Wildman–Crippen MR) is 117 cm³/mol. The average molecular weight is 494 g/mol. The Bertz CT molecular complexity index is 743. The number of nitrogens with one attached hydrogen (secondary N) is 2. The quantitative estimate of drug-likeness (QED) is 0.375. The number of benzene rings is 1. The fraction of sp³-hybridized carbons (Fsp3) is 0.611. The van der Waals surface area contributed by atoms with Crippen LogP contribution in [-0.4, -0.2) is 45.0 Å². The van der Waals surface area contributed by atoms with Gasteiger partial charge in [0, 0.05) is 24.0 Å². The molecule has 0 bridgehead atoms. The summed E-state index contributed by atoms with van der Waals surface area (Å²) >= 11 is 0. The van der Waals surface area contributed by atoms with Crippen molar-refractivity contribution in [3.8, 4) is 0 Å². The van der Waals surface area contributed by atoms with Crippen molar-refractivity contribution in [3.05, 3.63) is 29.8 Å². The fourth-order valence-electron chi connectivity index (χ4n) is 2.85. The zero-order valence-corrected chi connectivity index (χ0v) is 19.6. The van der Waals surface area contributed by atoms with E-state index in [0.29, 0.717) is 6.54 Å². The van der Waals surface area contributed by atoms with E-state index in [4.69, 9.17) is 4.99 Å². The third-order valence-corrected chi connectivity index (χ3v) is 6.82. The molecule has 1 aliphatic heterocycles. The summed E-state index contributed by atoms with van der Waals surface area (Å²) in [6, 6.07) is 6.84. The van der Waals surface area contributed by atoms with E-state index < -0.39 is 10.0 Å². The molecule has 0 spiro atoms. The van der Waals surface area contributed by atoms with Crippen molar-refractivity contribution in [2.24, 2.45) is 10.4 Å². The second kappa shape index (κ2) is 8.43. The summed E-state index contributed by atoms with van der Waals surface area (Å²) in [4.78, 5) is 7.31. The van der Waals surface area contributed by atoms with Gasteiger partial charge in [-0.2, -0.15) is 0 Å². The van der Waals surface area contributed by atoms with Crippen molar-refractivity contribution >= 4 is 40.0 Å². The number of nitrogens with zero attached hydrogens (tertiary/aromatic N) is 2. The monoisotopic (exact) mass is 494 g/mol.